The van der Waals surface area contributed by atoms with Crippen molar-refractivity contribution in [1.82, 2.24) is 30.0 Å². The number of nitrogens with zero attached hydrogens (tertiary/aromatic N) is 5. The Kier molecular flexibility index (Phi) is 5.24. The molecule has 5 rings (SSSR count). The predicted octanol–water partition coefficient (Wildman–Crippen LogP) is 2.43. The second kappa shape index (κ2) is 8.34. The third-order valence-corrected chi connectivity index (χ3v) is 5.30. The van der Waals surface area contributed by atoms with Crippen molar-refractivity contribution in [2.45, 2.75) is 19.6 Å². The molecule has 1 fully saturated rings. The Morgan fingerprint density at radius 2 is 2.13 bits per heavy atom. The average Bonchev–Trinajstić information content (AvgIpc) is 3.39. The van der Waals surface area contributed by atoms with Crippen LogP contribution >= 0.6 is 0 Å². The molecule has 1 aliphatic rings. The van der Waals surface area contributed by atoms with Crippen LogP contribution in [0.15, 0.2) is 53.3 Å². The van der Waals surface area contributed by atoms with Crippen LogP contribution in [-0.4, -0.2) is 50.7 Å². The van der Waals surface area contributed by atoms with Crippen molar-refractivity contribution in [3.8, 4) is 17.3 Å². The van der Waals surface area contributed by atoms with Crippen molar-refractivity contribution < 1.29 is 14.1 Å². The van der Waals surface area contributed by atoms with Crippen LogP contribution < -0.4 is 15.9 Å². The van der Waals surface area contributed by atoms with E-state index in [0.717, 1.165) is 35.6 Å². The maximum Gasteiger partial charge on any atom is 0.245 e. The van der Waals surface area contributed by atoms with Gasteiger partial charge in [-0.25, -0.2) is 4.98 Å². The van der Waals surface area contributed by atoms with Crippen LogP contribution in [0.3, 0.4) is 0 Å². The molecule has 4 aromatic rings. The summed E-state index contributed by atoms with van der Waals surface area (Å²) in [5.41, 5.74) is 9.38. The molecule has 0 unspecified atom stereocenters. The Labute approximate surface area is 178 Å². The molecule has 0 atom stereocenters. The number of likely N-dealkylation sites (tertiary alicyclic amines) is 1. The molecule has 0 amide bonds. The van der Waals surface area contributed by atoms with Crippen LogP contribution in [0.2, 0.25) is 0 Å². The fourth-order valence-electron chi connectivity index (χ4n) is 3.44. The van der Waals surface area contributed by atoms with E-state index in [-0.39, 0.29) is 0 Å². The van der Waals surface area contributed by atoms with Gasteiger partial charge in [0.15, 0.2) is 0 Å². The number of benzene rings is 1. The summed E-state index contributed by atoms with van der Waals surface area (Å²) in [7, 11) is 1.73. The van der Waals surface area contributed by atoms with Crippen molar-refractivity contribution >= 4 is 11.3 Å². The van der Waals surface area contributed by atoms with Crippen molar-refractivity contribution in [2.24, 2.45) is 0 Å². The lowest BCUT2D eigenvalue weighted by molar-refractivity contribution is -0.0372. The molecule has 1 saturated heterocycles. The Balaban J connectivity index is 1.23. The average molecular weight is 421 g/mol. The topological polar surface area (TPSA) is 102 Å². The molecule has 1 aromatic carbocycles. The zero-order valence-corrected chi connectivity index (χ0v) is 17.3. The van der Waals surface area contributed by atoms with E-state index >= 15 is 0 Å². The fourth-order valence-corrected chi connectivity index (χ4v) is 3.44. The number of imidazole rings is 1. The fraction of sp³-hybridized carbons (Fsp3) is 0.286. The van der Waals surface area contributed by atoms with E-state index in [9.17, 15) is 0 Å². The van der Waals surface area contributed by atoms with Gasteiger partial charge in [0.2, 0.25) is 17.6 Å². The van der Waals surface area contributed by atoms with Gasteiger partial charge in [-0.1, -0.05) is 28.9 Å². The number of ether oxygens (including phenoxy) is 1. The smallest absolute Gasteiger partial charge is 0.245 e. The van der Waals surface area contributed by atoms with Crippen molar-refractivity contribution in [3.63, 3.8) is 0 Å². The highest BCUT2D eigenvalue weighted by Gasteiger charge is 2.27. The lowest BCUT2D eigenvalue weighted by Crippen LogP contribution is -2.50. The second-order valence-electron chi connectivity index (χ2n) is 7.45. The van der Waals surface area contributed by atoms with Gasteiger partial charge in [-0.2, -0.15) is 4.98 Å². The summed E-state index contributed by atoms with van der Waals surface area (Å²) in [6.45, 7) is 4.38. The van der Waals surface area contributed by atoms with Gasteiger partial charge in [-0.15, -0.1) is 0 Å². The first kappa shape index (κ1) is 19.5. The molecule has 1 aliphatic heterocycles. The number of hydrogen-bond acceptors (Lipinski definition) is 9. The van der Waals surface area contributed by atoms with E-state index in [4.69, 9.17) is 14.1 Å². The van der Waals surface area contributed by atoms with Crippen LogP contribution in [-0.2, 0) is 11.3 Å². The van der Waals surface area contributed by atoms with Crippen LogP contribution in [0, 0.1) is 6.92 Å². The zero-order chi connectivity index (χ0) is 21.2. The van der Waals surface area contributed by atoms with E-state index in [1.165, 1.54) is 0 Å². The quantitative estimate of drug-likeness (QED) is 0.415. The summed E-state index contributed by atoms with van der Waals surface area (Å²) in [6.07, 6.45) is 3.83. The minimum absolute atomic E-state index is 0.295. The maximum absolute atomic E-state index is 5.62. The van der Waals surface area contributed by atoms with E-state index in [1.54, 1.807) is 13.3 Å². The number of anilines is 1. The number of fused-ring (bicyclic) bond motifs is 1. The Morgan fingerprint density at radius 1 is 1.23 bits per heavy atom. The molecule has 0 radical (unpaired) electrons. The molecular weight excluding hydrogens is 398 g/mol. The minimum atomic E-state index is 0.295. The molecule has 10 heteroatoms. The molecule has 0 spiro atoms. The van der Waals surface area contributed by atoms with Gasteiger partial charge >= 0.3 is 0 Å². The van der Waals surface area contributed by atoms with Gasteiger partial charge in [0, 0.05) is 32.0 Å². The first-order valence-corrected chi connectivity index (χ1v) is 9.98. The number of rotatable bonds is 8. The third-order valence-electron chi connectivity index (χ3n) is 5.30. The molecule has 3 aromatic heterocycles. The van der Waals surface area contributed by atoms with Crippen molar-refractivity contribution in [1.29, 1.82) is 0 Å². The first-order valence-electron chi connectivity index (χ1n) is 9.98. The van der Waals surface area contributed by atoms with Gasteiger partial charge in [-0.05, 0) is 30.7 Å². The number of pyridine rings is 1. The number of aromatic nitrogens is 4. The second-order valence-corrected chi connectivity index (χ2v) is 7.45. The highest BCUT2D eigenvalue weighted by Crippen LogP contribution is 2.24. The van der Waals surface area contributed by atoms with Crippen LogP contribution in [0.25, 0.3) is 17.0 Å². The van der Waals surface area contributed by atoms with E-state index in [2.05, 4.69) is 31.0 Å². The molecule has 0 aliphatic carbocycles. The molecular formula is C21H23N7O3. The van der Waals surface area contributed by atoms with Gasteiger partial charge in [0.05, 0.1) is 24.5 Å². The Morgan fingerprint density at radius 3 is 3.00 bits per heavy atom. The summed E-state index contributed by atoms with van der Waals surface area (Å²) in [5, 5.41) is 4.13. The summed E-state index contributed by atoms with van der Waals surface area (Å²) in [6, 6.07) is 11.6. The van der Waals surface area contributed by atoms with Gasteiger partial charge in [0.1, 0.15) is 5.65 Å². The summed E-state index contributed by atoms with van der Waals surface area (Å²) in [4.78, 5) is 16.6. The van der Waals surface area contributed by atoms with Crippen molar-refractivity contribution in [2.75, 3.05) is 25.6 Å². The lowest BCUT2D eigenvalue weighted by Gasteiger charge is -2.36. The highest BCUT2D eigenvalue weighted by molar-refractivity contribution is 5.64. The molecule has 10 nitrogen and oxygen atoms in total. The number of hydrogen-bond donors (Lipinski definition) is 2. The largest absolute Gasteiger partial charge is 0.379 e. The number of aryl methyl sites for hydroxylation is 1. The maximum atomic E-state index is 5.62. The third kappa shape index (κ3) is 4.08. The number of nitrogens with one attached hydrogen (secondary N) is 2. The standard InChI is InChI=1S/C21H23N7O3/c1-14-6-7-15(21-23-19(30-25-21)13-27-11-16(12-27)29-2)9-17(14)24-26-31-20-10-22-18-5-3-4-8-28(18)20/h3-10,16,24,26H,11-13H2,1-2H3. The highest BCUT2D eigenvalue weighted by atomic mass is 16.7. The number of hydrazine groups is 1. The Bertz CT molecular complexity index is 1180. The molecule has 0 bridgehead atoms. The van der Waals surface area contributed by atoms with E-state index in [0.29, 0.717) is 30.2 Å². The first-order chi connectivity index (χ1) is 15.2. The summed E-state index contributed by atoms with van der Waals surface area (Å²) < 4.78 is 12.6. The van der Waals surface area contributed by atoms with Crippen molar-refractivity contribution in [3.05, 3.63) is 60.2 Å². The van der Waals surface area contributed by atoms with Gasteiger partial charge in [0.25, 0.3) is 0 Å². The van der Waals surface area contributed by atoms with Crippen LogP contribution in [0.4, 0.5) is 5.69 Å². The summed E-state index contributed by atoms with van der Waals surface area (Å²) >= 11 is 0. The number of methoxy groups -OCH3 is 1. The summed E-state index contributed by atoms with van der Waals surface area (Å²) in [5.74, 6) is 1.71. The molecule has 2 N–H and O–H groups in total. The minimum Gasteiger partial charge on any atom is -0.379 e. The van der Waals surface area contributed by atoms with Crippen LogP contribution in [0.1, 0.15) is 11.5 Å². The zero-order valence-electron chi connectivity index (χ0n) is 17.3. The predicted molar refractivity (Wildman–Crippen MR) is 113 cm³/mol. The monoisotopic (exact) mass is 421 g/mol. The molecule has 0 saturated carbocycles. The normalized spacial score (nSPS) is 14.6. The van der Waals surface area contributed by atoms with Gasteiger partial charge in [-0.3, -0.25) is 14.7 Å². The van der Waals surface area contributed by atoms with E-state index < -0.39 is 0 Å². The SMILES string of the molecule is COC1CN(Cc2nc(-c3ccc(C)c(NNOc4cnc5ccccn45)c3)no2)C1. The molecule has 4 heterocycles. The van der Waals surface area contributed by atoms with E-state index in [1.807, 2.05) is 53.9 Å². The molecule has 160 valence electrons. The van der Waals surface area contributed by atoms with Gasteiger partial charge < -0.3 is 14.1 Å². The molecule has 31 heavy (non-hydrogen) atoms. The Hall–Kier alpha value is -3.47. The van der Waals surface area contributed by atoms with Crippen LogP contribution in [0.5, 0.6) is 5.88 Å². The lowest BCUT2D eigenvalue weighted by atomic mass is 10.1.